The van der Waals surface area contributed by atoms with Gasteiger partial charge in [0.15, 0.2) is 0 Å². The van der Waals surface area contributed by atoms with Crippen molar-refractivity contribution in [1.29, 1.82) is 0 Å². The van der Waals surface area contributed by atoms with Gasteiger partial charge in [-0.15, -0.1) is 0 Å². The van der Waals surface area contributed by atoms with Gasteiger partial charge in [-0.2, -0.15) is 4.98 Å². The molecule has 17 heavy (non-hydrogen) atoms. The molecule has 0 saturated carbocycles. The number of hydrogen-bond donors (Lipinski definition) is 1. The highest BCUT2D eigenvalue weighted by atomic mass is 16.5. The summed E-state index contributed by atoms with van der Waals surface area (Å²) in [6.07, 6.45) is -0.0741. The highest BCUT2D eigenvalue weighted by Crippen LogP contribution is 2.23. The molecule has 0 amide bonds. The number of aromatic carboxylic acids is 1. The first kappa shape index (κ1) is 11.3. The molecule has 1 aromatic carbocycles. The van der Waals surface area contributed by atoms with E-state index >= 15 is 0 Å². The number of carbonyl (C=O) groups is 1. The quantitative estimate of drug-likeness (QED) is 0.877. The van der Waals surface area contributed by atoms with Crippen molar-refractivity contribution < 1.29 is 14.6 Å². The van der Waals surface area contributed by atoms with Crippen LogP contribution in [0.1, 0.15) is 24.5 Å². The van der Waals surface area contributed by atoms with Gasteiger partial charge in [0.05, 0.1) is 17.0 Å². The van der Waals surface area contributed by atoms with Gasteiger partial charge < -0.3 is 9.84 Å². The van der Waals surface area contributed by atoms with E-state index in [-0.39, 0.29) is 11.9 Å². The predicted molar refractivity (Wildman–Crippen MR) is 62.3 cm³/mol. The monoisotopic (exact) mass is 232 g/mol. The fourth-order valence-corrected chi connectivity index (χ4v) is 1.46. The molecule has 0 aliphatic heterocycles. The van der Waals surface area contributed by atoms with Crippen molar-refractivity contribution in [3.8, 4) is 5.88 Å². The van der Waals surface area contributed by atoms with Gasteiger partial charge in [-0.25, -0.2) is 9.78 Å². The van der Waals surface area contributed by atoms with E-state index in [4.69, 9.17) is 9.84 Å². The van der Waals surface area contributed by atoms with Crippen molar-refractivity contribution >= 4 is 16.9 Å². The Kier molecular flexibility index (Phi) is 2.91. The summed E-state index contributed by atoms with van der Waals surface area (Å²) in [5, 5.41) is 9.64. The molecule has 5 nitrogen and oxygen atoms in total. The summed E-state index contributed by atoms with van der Waals surface area (Å²) in [5.41, 5.74) is 0.565. The number of nitrogens with zero attached hydrogens (tertiary/aromatic N) is 2. The molecule has 0 aliphatic carbocycles. The second kappa shape index (κ2) is 4.37. The first-order valence-electron chi connectivity index (χ1n) is 5.24. The maximum atomic E-state index is 10.9. The van der Waals surface area contributed by atoms with Gasteiger partial charge in [-0.1, -0.05) is 12.1 Å². The topological polar surface area (TPSA) is 72.3 Å². The fraction of sp³-hybridized carbons (Fsp3) is 0.250. The zero-order chi connectivity index (χ0) is 12.4. The van der Waals surface area contributed by atoms with Gasteiger partial charge in [0, 0.05) is 0 Å². The van der Waals surface area contributed by atoms with Crippen LogP contribution >= 0.6 is 0 Å². The number of carboxylic acid groups (broad SMARTS) is 1. The Morgan fingerprint density at radius 1 is 1.29 bits per heavy atom. The summed E-state index contributed by atoms with van der Waals surface area (Å²) in [5.74, 6) is -1.10. The maximum absolute atomic E-state index is 10.9. The summed E-state index contributed by atoms with van der Waals surface area (Å²) < 4.78 is 5.50. The van der Waals surface area contributed by atoms with Crippen LogP contribution < -0.4 is 4.74 Å². The molecule has 5 heteroatoms. The smallest absolute Gasteiger partial charge is 0.374 e. The molecule has 0 saturated heterocycles. The van der Waals surface area contributed by atoms with E-state index in [2.05, 4.69) is 9.97 Å². The van der Waals surface area contributed by atoms with Crippen LogP contribution in [0.2, 0.25) is 0 Å². The fourth-order valence-electron chi connectivity index (χ4n) is 1.46. The Balaban J connectivity index is 2.64. The number of aromatic nitrogens is 2. The number of fused-ring (bicyclic) bond motifs is 1. The molecule has 0 bridgehead atoms. The lowest BCUT2D eigenvalue weighted by atomic mass is 10.2. The Bertz CT molecular complexity index is 567. The lowest BCUT2D eigenvalue weighted by Crippen LogP contribution is -2.11. The zero-order valence-corrected chi connectivity index (χ0v) is 9.54. The van der Waals surface area contributed by atoms with E-state index in [1.54, 1.807) is 18.2 Å². The molecule has 2 rings (SSSR count). The SMILES string of the molecule is CC(C)Oc1nc(C(=O)O)nc2ccccc12. The highest BCUT2D eigenvalue weighted by molar-refractivity contribution is 5.89. The molecule has 1 heterocycles. The van der Waals surface area contributed by atoms with Crippen LogP contribution in [0, 0.1) is 0 Å². The van der Waals surface area contributed by atoms with Crippen LogP contribution in [0.4, 0.5) is 0 Å². The second-order valence-corrected chi connectivity index (χ2v) is 3.84. The van der Waals surface area contributed by atoms with E-state index in [9.17, 15) is 4.79 Å². The molecule has 0 unspecified atom stereocenters. The van der Waals surface area contributed by atoms with E-state index in [1.807, 2.05) is 19.9 Å². The Labute approximate surface area is 98.1 Å². The van der Waals surface area contributed by atoms with Crippen molar-refractivity contribution in [2.24, 2.45) is 0 Å². The van der Waals surface area contributed by atoms with Crippen molar-refractivity contribution in [3.63, 3.8) is 0 Å². The molecule has 0 radical (unpaired) electrons. The van der Waals surface area contributed by atoms with E-state index in [1.165, 1.54) is 0 Å². The van der Waals surface area contributed by atoms with Gasteiger partial charge in [0.25, 0.3) is 0 Å². The summed E-state index contributed by atoms with van der Waals surface area (Å²) in [6, 6.07) is 7.16. The molecule has 2 aromatic rings. The van der Waals surface area contributed by atoms with Crippen LogP contribution in [0.5, 0.6) is 5.88 Å². The lowest BCUT2D eigenvalue weighted by molar-refractivity contribution is 0.0682. The number of benzene rings is 1. The summed E-state index contributed by atoms with van der Waals surface area (Å²) in [7, 11) is 0. The van der Waals surface area contributed by atoms with Crippen molar-refractivity contribution in [3.05, 3.63) is 30.1 Å². The van der Waals surface area contributed by atoms with Crippen molar-refractivity contribution in [1.82, 2.24) is 9.97 Å². The van der Waals surface area contributed by atoms with Gasteiger partial charge in [-0.05, 0) is 26.0 Å². The second-order valence-electron chi connectivity index (χ2n) is 3.84. The normalized spacial score (nSPS) is 10.8. The summed E-state index contributed by atoms with van der Waals surface area (Å²) in [6.45, 7) is 3.72. The van der Waals surface area contributed by atoms with E-state index in [0.29, 0.717) is 16.8 Å². The number of ether oxygens (including phenoxy) is 1. The van der Waals surface area contributed by atoms with Gasteiger partial charge in [0.1, 0.15) is 0 Å². The minimum atomic E-state index is -1.16. The molecule has 0 aliphatic rings. The first-order valence-corrected chi connectivity index (χ1v) is 5.24. The Morgan fingerprint density at radius 2 is 2.00 bits per heavy atom. The molecule has 1 N–H and O–H groups in total. The first-order chi connectivity index (χ1) is 8.08. The Hall–Kier alpha value is -2.17. The van der Waals surface area contributed by atoms with E-state index in [0.717, 1.165) is 0 Å². The molecule has 0 atom stereocenters. The van der Waals surface area contributed by atoms with Crippen LogP contribution in [0.3, 0.4) is 0 Å². The van der Waals surface area contributed by atoms with Crippen LogP contribution in [-0.4, -0.2) is 27.1 Å². The molecule has 0 spiro atoms. The van der Waals surface area contributed by atoms with Crippen LogP contribution in [0.25, 0.3) is 10.9 Å². The third-order valence-corrected chi connectivity index (χ3v) is 2.11. The third-order valence-electron chi connectivity index (χ3n) is 2.11. The molecular formula is C12H12N2O3. The third kappa shape index (κ3) is 2.33. The minimum absolute atomic E-state index is 0.0741. The predicted octanol–water partition coefficient (Wildman–Crippen LogP) is 2.12. The average Bonchev–Trinajstić information content (AvgIpc) is 2.28. The zero-order valence-electron chi connectivity index (χ0n) is 9.54. The largest absolute Gasteiger partial charge is 0.475 e. The molecule has 88 valence electrons. The highest BCUT2D eigenvalue weighted by Gasteiger charge is 2.14. The van der Waals surface area contributed by atoms with Gasteiger partial charge in [-0.3, -0.25) is 0 Å². The number of carboxylic acids is 1. The van der Waals surface area contributed by atoms with Crippen molar-refractivity contribution in [2.75, 3.05) is 0 Å². The van der Waals surface area contributed by atoms with Crippen molar-refractivity contribution in [2.45, 2.75) is 20.0 Å². The maximum Gasteiger partial charge on any atom is 0.374 e. The minimum Gasteiger partial charge on any atom is -0.475 e. The average molecular weight is 232 g/mol. The summed E-state index contributed by atoms with van der Waals surface area (Å²) in [4.78, 5) is 18.8. The van der Waals surface area contributed by atoms with Crippen LogP contribution in [0.15, 0.2) is 24.3 Å². The van der Waals surface area contributed by atoms with Crippen LogP contribution in [-0.2, 0) is 0 Å². The number of rotatable bonds is 3. The summed E-state index contributed by atoms with van der Waals surface area (Å²) >= 11 is 0. The number of para-hydroxylation sites is 1. The van der Waals surface area contributed by atoms with E-state index < -0.39 is 5.97 Å². The van der Waals surface area contributed by atoms with Gasteiger partial charge >= 0.3 is 5.97 Å². The molecular weight excluding hydrogens is 220 g/mol. The Morgan fingerprint density at radius 3 is 2.65 bits per heavy atom. The molecule has 1 aromatic heterocycles. The standard InChI is InChI=1S/C12H12N2O3/c1-7(2)17-11-8-5-3-4-6-9(8)13-10(14-11)12(15)16/h3-7H,1-2H3,(H,15,16). The van der Waals surface area contributed by atoms with Gasteiger partial charge in [0.2, 0.25) is 11.7 Å². The number of hydrogen-bond acceptors (Lipinski definition) is 4. The molecule has 0 fully saturated rings. The lowest BCUT2D eigenvalue weighted by Gasteiger charge is -2.11.